The Morgan fingerprint density at radius 3 is 2.56 bits per heavy atom. The minimum atomic E-state index is -0.238. The van der Waals surface area contributed by atoms with Crippen LogP contribution in [-0.4, -0.2) is 18.0 Å². The van der Waals surface area contributed by atoms with Crippen LogP contribution in [-0.2, 0) is 16.8 Å². The van der Waals surface area contributed by atoms with Crippen LogP contribution in [0, 0.1) is 0 Å². The molecule has 6 heteroatoms. The quantitative estimate of drug-likeness (QED) is 0.299. The van der Waals surface area contributed by atoms with E-state index in [-0.39, 0.29) is 11.3 Å². The van der Waals surface area contributed by atoms with Crippen LogP contribution in [0.4, 0.5) is 5.13 Å². The van der Waals surface area contributed by atoms with Crippen molar-refractivity contribution in [2.45, 2.75) is 32.8 Å². The first-order valence-corrected chi connectivity index (χ1v) is 11.9. The number of carbonyl (C=O) groups excluding carboxylic acids is 1. The van der Waals surface area contributed by atoms with E-state index in [1.165, 1.54) is 23.0 Å². The summed E-state index contributed by atoms with van der Waals surface area (Å²) in [5.74, 6) is 1.02. The molecule has 4 aromatic rings. The average molecular weight is 473 g/mol. The molecule has 0 spiro atoms. The van der Waals surface area contributed by atoms with Gasteiger partial charge in [-0.2, -0.15) is 0 Å². The predicted octanol–water partition coefficient (Wildman–Crippen LogP) is 6.83. The number of hydrogen-bond donors (Lipinski definition) is 1. The molecule has 0 saturated heterocycles. The Morgan fingerprint density at radius 2 is 1.82 bits per heavy atom. The third-order valence-corrected chi connectivity index (χ3v) is 6.27. The summed E-state index contributed by atoms with van der Waals surface area (Å²) in [6, 6.07) is 21.8. The van der Waals surface area contributed by atoms with Crippen molar-refractivity contribution in [3.63, 3.8) is 0 Å². The van der Waals surface area contributed by atoms with E-state index in [1.54, 1.807) is 13.2 Å². The molecular weight excluding hydrogens is 444 g/mol. The lowest BCUT2D eigenvalue weighted by Crippen LogP contribution is -2.10. The van der Waals surface area contributed by atoms with E-state index in [0.717, 1.165) is 21.3 Å². The number of fused-ring (bicyclic) bond motifs is 1. The van der Waals surface area contributed by atoms with Gasteiger partial charge in [0.15, 0.2) is 16.6 Å². The monoisotopic (exact) mass is 472 g/mol. The molecule has 1 aromatic heterocycles. The average Bonchev–Trinajstić information content (AvgIpc) is 3.23. The third kappa shape index (κ3) is 5.83. The van der Waals surface area contributed by atoms with Crippen molar-refractivity contribution in [1.29, 1.82) is 0 Å². The van der Waals surface area contributed by atoms with Crippen molar-refractivity contribution < 1.29 is 14.3 Å². The molecule has 3 aromatic carbocycles. The van der Waals surface area contributed by atoms with E-state index >= 15 is 0 Å². The van der Waals surface area contributed by atoms with Gasteiger partial charge in [0, 0.05) is 6.08 Å². The number of benzene rings is 3. The van der Waals surface area contributed by atoms with Crippen LogP contribution in [0.15, 0.2) is 72.8 Å². The van der Waals surface area contributed by atoms with Crippen LogP contribution >= 0.6 is 11.3 Å². The maximum Gasteiger partial charge on any atom is 0.250 e. The molecule has 4 rings (SSSR count). The second-order valence-electron chi connectivity index (χ2n) is 8.96. The van der Waals surface area contributed by atoms with Crippen LogP contribution in [0.5, 0.6) is 11.5 Å². The highest BCUT2D eigenvalue weighted by molar-refractivity contribution is 7.22. The molecule has 174 valence electrons. The molecule has 5 nitrogen and oxygen atoms in total. The van der Waals surface area contributed by atoms with E-state index in [4.69, 9.17) is 9.47 Å². The molecule has 1 N–H and O–H groups in total. The highest BCUT2D eigenvalue weighted by Gasteiger charge is 2.15. The summed E-state index contributed by atoms with van der Waals surface area (Å²) in [4.78, 5) is 17.0. The third-order valence-electron chi connectivity index (χ3n) is 5.34. The molecule has 0 unspecified atom stereocenters. The number of aromatic nitrogens is 1. The second kappa shape index (κ2) is 10.1. The van der Waals surface area contributed by atoms with E-state index in [0.29, 0.717) is 23.2 Å². The zero-order chi connectivity index (χ0) is 24.1. The van der Waals surface area contributed by atoms with Gasteiger partial charge in [0.05, 0.1) is 17.3 Å². The lowest BCUT2D eigenvalue weighted by Gasteiger charge is -2.18. The second-order valence-corrected chi connectivity index (χ2v) is 9.99. The first kappa shape index (κ1) is 23.5. The highest BCUT2D eigenvalue weighted by atomic mass is 32.1. The van der Waals surface area contributed by atoms with Gasteiger partial charge in [0.2, 0.25) is 5.91 Å². The summed E-state index contributed by atoms with van der Waals surface area (Å²) in [7, 11) is 1.60. The number of thiazole rings is 1. The molecule has 1 heterocycles. The number of hydrogen-bond acceptors (Lipinski definition) is 5. The summed E-state index contributed by atoms with van der Waals surface area (Å²) in [6.07, 6.45) is 3.23. The standard InChI is InChI=1S/C28H28N2O3S/c1-28(2,3)21-12-13-22-25(17-21)34-27(29-22)30-26(31)15-11-19-10-14-23(24(16-19)32-4)33-18-20-8-6-5-7-9-20/h5-17H,18H2,1-4H3,(H,29,30,31)/b15-11+. The van der Waals surface area contributed by atoms with Crippen molar-refractivity contribution in [3.8, 4) is 11.5 Å². The molecule has 0 radical (unpaired) electrons. The lowest BCUT2D eigenvalue weighted by molar-refractivity contribution is -0.111. The Hall–Kier alpha value is -3.64. The van der Waals surface area contributed by atoms with E-state index < -0.39 is 0 Å². The molecular formula is C28H28N2O3S. The van der Waals surface area contributed by atoms with Crippen LogP contribution in [0.25, 0.3) is 16.3 Å². The molecule has 0 aliphatic heterocycles. The van der Waals surface area contributed by atoms with Gasteiger partial charge in [-0.25, -0.2) is 4.98 Å². The number of methoxy groups -OCH3 is 1. The number of nitrogens with zero attached hydrogens (tertiary/aromatic N) is 1. The van der Waals surface area contributed by atoms with Gasteiger partial charge < -0.3 is 9.47 Å². The Morgan fingerprint density at radius 1 is 1.03 bits per heavy atom. The molecule has 0 saturated carbocycles. The van der Waals surface area contributed by atoms with Crippen molar-refractivity contribution in [3.05, 3.63) is 89.5 Å². The first-order valence-electron chi connectivity index (χ1n) is 11.1. The number of nitrogens with one attached hydrogen (secondary N) is 1. The largest absolute Gasteiger partial charge is 0.493 e. The fraction of sp³-hybridized carbons (Fsp3) is 0.214. The van der Waals surface area contributed by atoms with Gasteiger partial charge in [-0.3, -0.25) is 10.1 Å². The topological polar surface area (TPSA) is 60.5 Å². The maximum atomic E-state index is 12.5. The van der Waals surface area contributed by atoms with E-state index in [9.17, 15) is 4.79 Å². The SMILES string of the molecule is COc1cc(/C=C/C(=O)Nc2nc3ccc(C(C)(C)C)cc3s2)ccc1OCc1ccccc1. The Bertz CT molecular complexity index is 1320. The van der Waals surface area contributed by atoms with Crippen LogP contribution < -0.4 is 14.8 Å². The normalized spacial score (nSPS) is 11.6. The Kier molecular flexibility index (Phi) is 6.98. The van der Waals surface area contributed by atoms with Crippen LogP contribution in [0.2, 0.25) is 0 Å². The summed E-state index contributed by atoms with van der Waals surface area (Å²) in [6.45, 7) is 6.99. The number of anilines is 1. The number of carbonyl (C=O) groups is 1. The molecule has 0 fully saturated rings. The molecule has 1 amide bonds. The predicted molar refractivity (Wildman–Crippen MR) is 140 cm³/mol. The number of ether oxygens (including phenoxy) is 2. The van der Waals surface area contributed by atoms with Crippen molar-refractivity contribution in [2.75, 3.05) is 12.4 Å². The first-order chi connectivity index (χ1) is 16.3. The molecule has 0 aliphatic rings. The fourth-order valence-electron chi connectivity index (χ4n) is 3.41. The smallest absolute Gasteiger partial charge is 0.250 e. The minimum absolute atomic E-state index is 0.0630. The van der Waals surface area contributed by atoms with Gasteiger partial charge in [-0.1, -0.05) is 74.6 Å². The van der Waals surface area contributed by atoms with Gasteiger partial charge in [0.25, 0.3) is 0 Å². The van der Waals surface area contributed by atoms with E-state index in [1.807, 2.05) is 54.6 Å². The van der Waals surface area contributed by atoms with Crippen LogP contribution in [0.3, 0.4) is 0 Å². The molecule has 0 aliphatic carbocycles. The van der Waals surface area contributed by atoms with Crippen LogP contribution in [0.1, 0.15) is 37.5 Å². The number of amides is 1. The number of rotatable bonds is 7. The fourth-order valence-corrected chi connectivity index (χ4v) is 4.31. The van der Waals surface area contributed by atoms with Gasteiger partial charge in [-0.15, -0.1) is 0 Å². The molecule has 0 atom stereocenters. The summed E-state index contributed by atoms with van der Waals surface area (Å²) in [5, 5.41) is 3.45. The summed E-state index contributed by atoms with van der Waals surface area (Å²) in [5.41, 5.74) is 4.10. The molecule has 34 heavy (non-hydrogen) atoms. The lowest BCUT2D eigenvalue weighted by atomic mass is 9.87. The zero-order valence-corrected chi connectivity index (χ0v) is 20.6. The highest BCUT2D eigenvalue weighted by Crippen LogP contribution is 2.32. The minimum Gasteiger partial charge on any atom is -0.493 e. The maximum absolute atomic E-state index is 12.5. The van der Waals surface area contributed by atoms with Gasteiger partial charge in [-0.05, 0) is 52.4 Å². The van der Waals surface area contributed by atoms with Crippen molar-refractivity contribution in [1.82, 2.24) is 4.98 Å². The summed E-state index contributed by atoms with van der Waals surface area (Å²) < 4.78 is 12.4. The van der Waals surface area contributed by atoms with E-state index in [2.05, 4.69) is 43.2 Å². The van der Waals surface area contributed by atoms with Gasteiger partial charge in [0.1, 0.15) is 6.61 Å². The van der Waals surface area contributed by atoms with Crippen molar-refractivity contribution in [2.24, 2.45) is 0 Å². The Balaban J connectivity index is 1.41. The van der Waals surface area contributed by atoms with Gasteiger partial charge >= 0.3 is 0 Å². The zero-order valence-electron chi connectivity index (χ0n) is 19.8. The molecule has 0 bridgehead atoms. The Labute approximate surface area is 204 Å². The summed E-state index contributed by atoms with van der Waals surface area (Å²) >= 11 is 1.48. The van der Waals surface area contributed by atoms with Crippen molar-refractivity contribution >= 4 is 38.7 Å².